The molecule has 0 bridgehead atoms. The van der Waals surface area contributed by atoms with Crippen LogP contribution in [0.25, 0.3) is 0 Å². The van der Waals surface area contributed by atoms with E-state index in [4.69, 9.17) is 16.3 Å². The zero-order valence-corrected chi connectivity index (χ0v) is 8.04. The van der Waals surface area contributed by atoms with Crippen molar-refractivity contribution in [3.8, 4) is 0 Å². The first-order valence-electron chi connectivity index (χ1n) is 4.48. The number of fused-ring (bicyclic) bond motifs is 2. The van der Waals surface area contributed by atoms with Crippen molar-refractivity contribution in [2.75, 3.05) is 0 Å². The van der Waals surface area contributed by atoms with Crippen molar-refractivity contribution in [2.24, 2.45) is 0 Å². The number of aromatic nitrogens is 2. The molecule has 1 saturated carbocycles. The number of halogens is 1. The van der Waals surface area contributed by atoms with Crippen molar-refractivity contribution in [3.63, 3.8) is 0 Å². The Balaban J connectivity index is 2.20. The number of nitrogens with zero attached hydrogens (tertiary/aromatic N) is 2. The summed E-state index contributed by atoms with van der Waals surface area (Å²) >= 11 is 5.69. The van der Waals surface area contributed by atoms with Gasteiger partial charge < -0.3 is 4.74 Å². The molecule has 1 aromatic heterocycles. The fraction of sp³-hybridized carbons (Fsp3) is 0.444. The Labute approximate surface area is 85.3 Å². The van der Waals surface area contributed by atoms with Gasteiger partial charge in [0.2, 0.25) is 5.28 Å². The number of ether oxygens (including phenoxy) is 1. The summed E-state index contributed by atoms with van der Waals surface area (Å²) in [5.74, 6) is -0.323. The third kappa shape index (κ3) is 0.865. The molecule has 0 amide bonds. The number of carbonyl (C=O) groups excluding carboxylic acids is 1. The second kappa shape index (κ2) is 2.45. The van der Waals surface area contributed by atoms with Crippen LogP contribution in [0, 0.1) is 0 Å². The lowest BCUT2D eigenvalue weighted by molar-refractivity contribution is -0.0557. The Morgan fingerprint density at radius 3 is 2.93 bits per heavy atom. The topological polar surface area (TPSA) is 52.1 Å². The smallest absolute Gasteiger partial charge is 0.342 e. The molecule has 2 heterocycles. The van der Waals surface area contributed by atoms with E-state index in [-0.39, 0.29) is 11.3 Å². The predicted octanol–water partition coefficient (Wildman–Crippen LogP) is 1.68. The van der Waals surface area contributed by atoms with E-state index in [1.165, 1.54) is 6.20 Å². The van der Waals surface area contributed by atoms with Gasteiger partial charge in [0.1, 0.15) is 11.3 Å². The van der Waals surface area contributed by atoms with E-state index >= 15 is 0 Å². The predicted molar refractivity (Wildman–Crippen MR) is 48.0 cm³/mol. The van der Waals surface area contributed by atoms with Gasteiger partial charge in [-0.3, -0.25) is 0 Å². The Hall–Kier alpha value is -1.16. The lowest BCUT2D eigenvalue weighted by atomic mass is 9.77. The second-order valence-corrected chi connectivity index (χ2v) is 3.98. The van der Waals surface area contributed by atoms with Gasteiger partial charge in [-0.15, -0.1) is 0 Å². The molecule has 1 aliphatic heterocycles. The van der Waals surface area contributed by atoms with Crippen molar-refractivity contribution in [1.82, 2.24) is 9.97 Å². The van der Waals surface area contributed by atoms with Crippen LogP contribution < -0.4 is 0 Å². The molecule has 72 valence electrons. The highest BCUT2D eigenvalue weighted by molar-refractivity contribution is 6.28. The first-order valence-corrected chi connectivity index (χ1v) is 4.85. The molecule has 1 fully saturated rings. The maximum atomic E-state index is 11.4. The Bertz CT molecular complexity index is 429. The third-order valence-electron chi connectivity index (χ3n) is 2.86. The van der Waals surface area contributed by atoms with E-state index in [2.05, 4.69) is 9.97 Å². The zero-order chi connectivity index (χ0) is 9.76. The number of esters is 1. The quantitative estimate of drug-likeness (QED) is 0.483. The molecule has 4 nitrogen and oxygen atoms in total. The lowest BCUT2D eigenvalue weighted by Crippen LogP contribution is -2.34. The minimum absolute atomic E-state index is 0.174. The molecule has 0 aromatic carbocycles. The van der Waals surface area contributed by atoms with Crippen LogP contribution in [0.2, 0.25) is 5.28 Å². The molecule has 1 aromatic rings. The summed E-state index contributed by atoms with van der Waals surface area (Å²) in [5.41, 5.74) is 0.668. The summed E-state index contributed by atoms with van der Waals surface area (Å²) in [5, 5.41) is 0.174. The SMILES string of the molecule is O=C1OC2(CCC2)c2nc(Cl)ncc21. The first-order chi connectivity index (χ1) is 6.71. The van der Waals surface area contributed by atoms with Gasteiger partial charge in [0.15, 0.2) is 5.60 Å². The average Bonchev–Trinajstić information content (AvgIpc) is 2.38. The number of carbonyl (C=O) groups is 1. The van der Waals surface area contributed by atoms with Crippen LogP contribution in [0.15, 0.2) is 6.20 Å². The van der Waals surface area contributed by atoms with Gasteiger partial charge in [0.05, 0.1) is 0 Å². The first kappa shape index (κ1) is 8.17. The minimum Gasteiger partial charge on any atom is -0.449 e. The highest BCUT2D eigenvalue weighted by atomic mass is 35.5. The molecule has 1 aliphatic carbocycles. The monoisotopic (exact) mass is 210 g/mol. The lowest BCUT2D eigenvalue weighted by Gasteiger charge is -2.35. The van der Waals surface area contributed by atoms with Crippen molar-refractivity contribution in [1.29, 1.82) is 0 Å². The summed E-state index contributed by atoms with van der Waals surface area (Å²) in [6.45, 7) is 0. The molecule has 0 radical (unpaired) electrons. The van der Waals surface area contributed by atoms with Crippen molar-refractivity contribution in [2.45, 2.75) is 24.9 Å². The second-order valence-electron chi connectivity index (χ2n) is 3.64. The Kier molecular flexibility index (Phi) is 1.43. The molecule has 2 aliphatic rings. The standard InChI is InChI=1S/C9H7ClN2O2/c10-8-11-4-5-6(12-8)9(2-1-3-9)14-7(5)13/h4H,1-3H2. The summed E-state index contributed by atoms with van der Waals surface area (Å²) in [6.07, 6.45) is 4.20. The molecule has 0 unspecified atom stereocenters. The van der Waals surface area contributed by atoms with Gasteiger partial charge in [-0.1, -0.05) is 0 Å². The molecular weight excluding hydrogens is 204 g/mol. The van der Waals surface area contributed by atoms with Crippen molar-refractivity contribution >= 4 is 17.6 Å². The normalized spacial score (nSPS) is 21.6. The Morgan fingerprint density at radius 1 is 1.50 bits per heavy atom. The van der Waals surface area contributed by atoms with Crippen LogP contribution in [0.4, 0.5) is 0 Å². The molecule has 14 heavy (non-hydrogen) atoms. The van der Waals surface area contributed by atoms with Gasteiger partial charge in [-0.05, 0) is 30.9 Å². The van der Waals surface area contributed by atoms with Gasteiger partial charge in [-0.2, -0.15) is 0 Å². The van der Waals surface area contributed by atoms with E-state index < -0.39 is 5.60 Å². The van der Waals surface area contributed by atoms with E-state index in [0.29, 0.717) is 11.3 Å². The van der Waals surface area contributed by atoms with Gasteiger partial charge in [0, 0.05) is 6.20 Å². The van der Waals surface area contributed by atoms with Crippen molar-refractivity contribution < 1.29 is 9.53 Å². The zero-order valence-electron chi connectivity index (χ0n) is 7.29. The fourth-order valence-corrected chi connectivity index (χ4v) is 2.11. The van der Waals surface area contributed by atoms with Gasteiger partial charge in [-0.25, -0.2) is 14.8 Å². The van der Waals surface area contributed by atoms with Crippen molar-refractivity contribution in [3.05, 3.63) is 22.7 Å². The number of hydrogen-bond donors (Lipinski definition) is 0. The molecule has 0 N–H and O–H groups in total. The van der Waals surface area contributed by atoms with E-state index in [1.54, 1.807) is 0 Å². The molecule has 3 rings (SSSR count). The molecular formula is C9H7ClN2O2. The van der Waals surface area contributed by atoms with Gasteiger partial charge in [0.25, 0.3) is 0 Å². The summed E-state index contributed by atoms with van der Waals surface area (Å²) in [6, 6.07) is 0. The number of rotatable bonds is 0. The van der Waals surface area contributed by atoms with Gasteiger partial charge >= 0.3 is 5.97 Å². The van der Waals surface area contributed by atoms with E-state index in [0.717, 1.165) is 19.3 Å². The molecule has 0 saturated heterocycles. The van der Waals surface area contributed by atoms with Crippen LogP contribution in [0.1, 0.15) is 35.3 Å². The molecule has 1 spiro atoms. The summed E-state index contributed by atoms with van der Waals surface area (Å²) in [7, 11) is 0. The van der Waals surface area contributed by atoms with Crippen LogP contribution in [0.5, 0.6) is 0 Å². The van der Waals surface area contributed by atoms with Crippen LogP contribution in [-0.4, -0.2) is 15.9 Å². The van der Waals surface area contributed by atoms with E-state index in [1.807, 2.05) is 0 Å². The summed E-state index contributed by atoms with van der Waals surface area (Å²) in [4.78, 5) is 19.3. The highest BCUT2D eigenvalue weighted by Crippen LogP contribution is 2.49. The maximum Gasteiger partial charge on any atom is 0.342 e. The minimum atomic E-state index is -0.473. The van der Waals surface area contributed by atoms with Crippen LogP contribution in [-0.2, 0) is 10.3 Å². The molecule has 5 heteroatoms. The Morgan fingerprint density at radius 2 is 2.29 bits per heavy atom. The van der Waals surface area contributed by atoms with Crippen LogP contribution >= 0.6 is 11.6 Å². The maximum absolute atomic E-state index is 11.4. The third-order valence-corrected chi connectivity index (χ3v) is 3.04. The fourth-order valence-electron chi connectivity index (χ4n) is 1.97. The summed E-state index contributed by atoms with van der Waals surface area (Å²) < 4.78 is 5.31. The highest BCUT2D eigenvalue weighted by Gasteiger charge is 2.51. The number of hydrogen-bond acceptors (Lipinski definition) is 4. The largest absolute Gasteiger partial charge is 0.449 e. The van der Waals surface area contributed by atoms with Crippen LogP contribution in [0.3, 0.4) is 0 Å². The van der Waals surface area contributed by atoms with E-state index in [9.17, 15) is 4.79 Å². The average molecular weight is 211 g/mol. The molecule has 0 atom stereocenters.